The summed E-state index contributed by atoms with van der Waals surface area (Å²) in [6.07, 6.45) is 1.02. The standard InChI is InChI=1S/C26H27NO6S/c1-14-21(25(30)32-5)22(23-16(27-14)12-26(2,3)13-17(23)28)15-8-9-18(19(11-15)31-4)33-24(29)20-7-6-10-34-20/h6-11,21-22H,12-13H2,1-5H3/t21?,22-/m1/s1. The first-order valence-corrected chi connectivity index (χ1v) is 11.9. The number of ketones is 1. The first-order valence-electron chi connectivity index (χ1n) is 11.0. The number of Topliss-reactive ketones (excluding diaryl/α,β-unsaturated/α-hetero) is 1. The molecule has 2 aromatic rings. The second-order valence-corrected chi connectivity index (χ2v) is 10.3. The van der Waals surface area contributed by atoms with Gasteiger partial charge in [0.1, 0.15) is 10.8 Å². The molecule has 0 radical (unpaired) electrons. The Kier molecular flexibility index (Phi) is 6.45. The van der Waals surface area contributed by atoms with Gasteiger partial charge in [-0.3, -0.25) is 14.6 Å². The molecule has 2 atom stereocenters. The third-order valence-corrected chi connectivity index (χ3v) is 7.08. The summed E-state index contributed by atoms with van der Waals surface area (Å²) in [5, 5.41) is 1.80. The Bertz CT molecular complexity index is 1210. The van der Waals surface area contributed by atoms with Gasteiger partial charge in [0, 0.05) is 29.3 Å². The highest BCUT2D eigenvalue weighted by Gasteiger charge is 2.46. The molecule has 0 N–H and O–H groups in total. The van der Waals surface area contributed by atoms with Gasteiger partial charge in [0.15, 0.2) is 17.3 Å². The van der Waals surface area contributed by atoms with Crippen LogP contribution in [0.5, 0.6) is 11.5 Å². The lowest BCUT2D eigenvalue weighted by atomic mass is 9.67. The van der Waals surface area contributed by atoms with Gasteiger partial charge < -0.3 is 14.2 Å². The zero-order chi connectivity index (χ0) is 24.6. The number of esters is 2. The van der Waals surface area contributed by atoms with Crippen molar-refractivity contribution in [3.05, 3.63) is 57.4 Å². The van der Waals surface area contributed by atoms with Gasteiger partial charge in [-0.15, -0.1) is 11.3 Å². The second-order valence-electron chi connectivity index (χ2n) is 9.31. The number of thiophene rings is 1. The van der Waals surface area contributed by atoms with Crippen molar-refractivity contribution in [3.63, 3.8) is 0 Å². The average Bonchev–Trinajstić information content (AvgIpc) is 3.32. The maximum Gasteiger partial charge on any atom is 0.353 e. The smallest absolute Gasteiger partial charge is 0.353 e. The monoisotopic (exact) mass is 481 g/mol. The number of allylic oxidation sites excluding steroid dienone is 2. The summed E-state index contributed by atoms with van der Waals surface area (Å²) in [7, 11) is 2.81. The lowest BCUT2D eigenvalue weighted by Gasteiger charge is -2.38. The van der Waals surface area contributed by atoms with Crippen molar-refractivity contribution in [1.82, 2.24) is 0 Å². The molecular formula is C26H27NO6S. The van der Waals surface area contributed by atoms with Crippen molar-refractivity contribution in [3.8, 4) is 11.5 Å². The number of benzene rings is 1. The van der Waals surface area contributed by atoms with E-state index in [0.29, 0.717) is 40.3 Å². The van der Waals surface area contributed by atoms with E-state index in [1.807, 2.05) is 13.8 Å². The van der Waals surface area contributed by atoms with Crippen molar-refractivity contribution in [2.45, 2.75) is 39.5 Å². The summed E-state index contributed by atoms with van der Waals surface area (Å²) in [5.41, 5.74) is 2.35. The number of ether oxygens (including phenoxy) is 3. The molecule has 0 saturated carbocycles. The van der Waals surface area contributed by atoms with Crippen molar-refractivity contribution < 1.29 is 28.6 Å². The Morgan fingerprint density at radius 3 is 2.53 bits per heavy atom. The maximum atomic E-state index is 13.3. The summed E-state index contributed by atoms with van der Waals surface area (Å²) >= 11 is 1.28. The predicted molar refractivity (Wildman–Crippen MR) is 129 cm³/mol. The number of nitrogens with zero attached hydrogens (tertiary/aromatic N) is 1. The van der Waals surface area contributed by atoms with Gasteiger partial charge in [-0.05, 0) is 47.9 Å². The molecule has 7 nitrogen and oxygen atoms in total. The van der Waals surface area contributed by atoms with Gasteiger partial charge in [-0.1, -0.05) is 26.0 Å². The number of carbonyl (C=O) groups excluding carboxylic acids is 3. The van der Waals surface area contributed by atoms with Crippen LogP contribution in [-0.2, 0) is 14.3 Å². The molecule has 0 amide bonds. The SMILES string of the molecule is COC(=O)C1C(C)=NC2=C(C(=O)CC(C)(C)C2)[C@@H]1c1ccc(OC(=O)c2cccs2)c(OC)c1. The Morgan fingerprint density at radius 2 is 1.88 bits per heavy atom. The van der Waals surface area contributed by atoms with Crippen LogP contribution >= 0.6 is 11.3 Å². The predicted octanol–water partition coefficient (Wildman–Crippen LogP) is 4.97. The van der Waals surface area contributed by atoms with Crippen LogP contribution in [0, 0.1) is 11.3 Å². The van der Waals surface area contributed by atoms with Gasteiger partial charge in [0.25, 0.3) is 0 Å². The zero-order valence-corrected chi connectivity index (χ0v) is 20.7. The first-order chi connectivity index (χ1) is 16.1. The number of methoxy groups -OCH3 is 2. The highest BCUT2D eigenvalue weighted by molar-refractivity contribution is 7.12. The minimum atomic E-state index is -0.738. The van der Waals surface area contributed by atoms with Gasteiger partial charge >= 0.3 is 11.9 Å². The van der Waals surface area contributed by atoms with Crippen molar-refractivity contribution in [2.75, 3.05) is 14.2 Å². The molecular weight excluding hydrogens is 454 g/mol. The largest absolute Gasteiger partial charge is 0.493 e. The second kappa shape index (κ2) is 9.18. The molecule has 1 unspecified atom stereocenters. The number of hydrogen-bond donors (Lipinski definition) is 0. The molecule has 2 heterocycles. The maximum absolute atomic E-state index is 13.3. The molecule has 0 saturated heterocycles. The molecule has 1 aliphatic carbocycles. The van der Waals surface area contributed by atoms with Gasteiger partial charge in [-0.2, -0.15) is 0 Å². The van der Waals surface area contributed by atoms with Crippen LogP contribution in [0.25, 0.3) is 0 Å². The lowest BCUT2D eigenvalue weighted by molar-refractivity contribution is -0.143. The van der Waals surface area contributed by atoms with Crippen LogP contribution < -0.4 is 9.47 Å². The number of carbonyl (C=O) groups is 3. The number of hydrogen-bond acceptors (Lipinski definition) is 8. The van der Waals surface area contributed by atoms with Crippen LogP contribution in [0.1, 0.15) is 54.8 Å². The molecule has 1 aromatic heterocycles. The zero-order valence-electron chi connectivity index (χ0n) is 19.8. The molecule has 8 heteroatoms. The van der Waals surface area contributed by atoms with Gasteiger partial charge in [-0.25, -0.2) is 4.79 Å². The third-order valence-electron chi connectivity index (χ3n) is 6.23. The fourth-order valence-corrected chi connectivity index (χ4v) is 5.34. The molecule has 0 fully saturated rings. The molecule has 0 spiro atoms. The normalized spacial score (nSPS) is 21.4. The van der Waals surface area contributed by atoms with Crippen molar-refractivity contribution >= 4 is 34.8 Å². The highest BCUT2D eigenvalue weighted by Crippen LogP contribution is 2.48. The van der Waals surface area contributed by atoms with Crippen LogP contribution in [0.15, 0.2) is 52.0 Å². The topological polar surface area (TPSA) is 91.3 Å². The van der Waals surface area contributed by atoms with E-state index in [-0.39, 0.29) is 16.9 Å². The van der Waals surface area contributed by atoms with Crippen LogP contribution in [0.3, 0.4) is 0 Å². The van der Waals surface area contributed by atoms with E-state index >= 15 is 0 Å². The Labute approximate surface area is 202 Å². The van der Waals surface area contributed by atoms with E-state index in [2.05, 4.69) is 4.99 Å². The molecule has 178 valence electrons. The highest BCUT2D eigenvalue weighted by atomic mass is 32.1. The van der Waals surface area contributed by atoms with E-state index in [0.717, 1.165) is 5.70 Å². The van der Waals surface area contributed by atoms with E-state index in [1.165, 1.54) is 25.6 Å². The molecule has 0 bridgehead atoms. The van der Waals surface area contributed by atoms with Crippen LogP contribution in [-0.4, -0.2) is 37.7 Å². The minimum absolute atomic E-state index is 0.0198. The fourth-order valence-electron chi connectivity index (χ4n) is 4.74. The van der Waals surface area contributed by atoms with E-state index in [4.69, 9.17) is 14.2 Å². The number of aliphatic imine (C=N–C) groups is 1. The Hall–Kier alpha value is -3.26. The van der Waals surface area contributed by atoms with E-state index < -0.39 is 23.8 Å². The van der Waals surface area contributed by atoms with E-state index in [9.17, 15) is 14.4 Å². The summed E-state index contributed by atoms with van der Waals surface area (Å²) in [6.45, 7) is 5.88. The lowest BCUT2D eigenvalue weighted by Crippen LogP contribution is -2.39. The minimum Gasteiger partial charge on any atom is -0.493 e. The Balaban J connectivity index is 1.78. The van der Waals surface area contributed by atoms with Crippen LogP contribution in [0.4, 0.5) is 0 Å². The van der Waals surface area contributed by atoms with Crippen molar-refractivity contribution in [2.24, 2.45) is 16.3 Å². The molecule has 2 aliphatic rings. The van der Waals surface area contributed by atoms with Crippen molar-refractivity contribution in [1.29, 1.82) is 0 Å². The van der Waals surface area contributed by atoms with Gasteiger partial charge in [0.2, 0.25) is 0 Å². The summed E-state index contributed by atoms with van der Waals surface area (Å²) in [6, 6.07) is 8.56. The molecule has 34 heavy (non-hydrogen) atoms. The first kappa shape index (κ1) is 23.9. The molecule has 1 aliphatic heterocycles. The van der Waals surface area contributed by atoms with E-state index in [1.54, 1.807) is 42.6 Å². The number of rotatable bonds is 5. The summed E-state index contributed by atoms with van der Waals surface area (Å²) < 4.78 is 16.2. The van der Waals surface area contributed by atoms with Crippen LogP contribution in [0.2, 0.25) is 0 Å². The average molecular weight is 482 g/mol. The summed E-state index contributed by atoms with van der Waals surface area (Å²) in [5.74, 6) is -1.68. The fraction of sp³-hybridized carbons (Fsp3) is 0.385. The quantitative estimate of drug-likeness (QED) is 0.443. The Morgan fingerprint density at radius 1 is 1.12 bits per heavy atom. The summed E-state index contributed by atoms with van der Waals surface area (Å²) in [4.78, 5) is 43.7. The van der Waals surface area contributed by atoms with Gasteiger partial charge in [0.05, 0.1) is 14.2 Å². The molecule has 4 rings (SSSR count). The molecule has 1 aromatic carbocycles. The third kappa shape index (κ3) is 4.42.